The maximum Gasteiger partial charge on any atom is 0.211 e. The van der Waals surface area contributed by atoms with Gasteiger partial charge in [0.15, 0.2) is 0 Å². The fraction of sp³-hybridized carbons (Fsp3) is 0.417. The van der Waals surface area contributed by atoms with Crippen LogP contribution in [0.2, 0.25) is 0 Å². The second-order valence-electron chi connectivity index (χ2n) is 3.97. The molecule has 0 saturated carbocycles. The first-order valence-corrected chi connectivity index (χ1v) is 5.56. The molecule has 1 heterocycles. The number of anilines is 3. The maximum atomic E-state index is 10.4. The molecule has 1 aliphatic rings. The molecule has 0 saturated heterocycles. The number of rotatable bonds is 3. The Kier molecular flexibility index (Phi) is 2.99. The van der Waals surface area contributed by atoms with E-state index < -0.39 is 0 Å². The molecule has 2 rings (SSSR count). The van der Waals surface area contributed by atoms with Gasteiger partial charge in [-0.1, -0.05) is 0 Å². The first kappa shape index (κ1) is 10.8. The molecular formula is C12H17N3O. The van der Waals surface area contributed by atoms with E-state index >= 15 is 0 Å². The molecule has 1 amide bonds. The topological polar surface area (TPSA) is 35.6 Å². The Hall–Kier alpha value is -1.71. The standard InChI is InChI=1S/C12H17N3O/c1-3-15-7-6-14(2)12-8-10(13-9-16)4-5-11(12)15/h4-5,8-9H,3,6-7H2,1-2H3,(H,13,16). The Balaban J connectivity index is 2.38. The van der Waals surface area contributed by atoms with Gasteiger partial charge in [0.1, 0.15) is 0 Å². The van der Waals surface area contributed by atoms with Gasteiger partial charge in [0.05, 0.1) is 11.4 Å². The highest BCUT2D eigenvalue weighted by atomic mass is 16.1. The zero-order valence-corrected chi connectivity index (χ0v) is 9.73. The molecule has 1 aromatic carbocycles. The number of carbonyl (C=O) groups is 1. The number of likely N-dealkylation sites (N-methyl/N-ethyl adjacent to an activating group) is 2. The summed E-state index contributed by atoms with van der Waals surface area (Å²) in [4.78, 5) is 15.0. The molecular weight excluding hydrogens is 202 g/mol. The van der Waals surface area contributed by atoms with Crippen molar-refractivity contribution < 1.29 is 4.79 Å². The smallest absolute Gasteiger partial charge is 0.211 e. The van der Waals surface area contributed by atoms with Crippen LogP contribution in [0.4, 0.5) is 17.1 Å². The quantitative estimate of drug-likeness (QED) is 0.783. The largest absolute Gasteiger partial charge is 0.371 e. The first-order valence-electron chi connectivity index (χ1n) is 5.56. The minimum absolute atomic E-state index is 0.710. The number of amides is 1. The predicted octanol–water partition coefficient (Wildman–Crippen LogP) is 1.53. The lowest BCUT2D eigenvalue weighted by atomic mass is 10.1. The summed E-state index contributed by atoms with van der Waals surface area (Å²) in [7, 11) is 2.08. The molecule has 0 radical (unpaired) electrons. The van der Waals surface area contributed by atoms with Crippen molar-refractivity contribution in [3.05, 3.63) is 18.2 Å². The lowest BCUT2D eigenvalue weighted by molar-refractivity contribution is -0.105. The number of nitrogens with one attached hydrogen (secondary N) is 1. The summed E-state index contributed by atoms with van der Waals surface area (Å²) in [5.41, 5.74) is 3.27. The van der Waals surface area contributed by atoms with Gasteiger partial charge in [0.2, 0.25) is 6.41 Å². The molecule has 0 atom stereocenters. The number of hydrogen-bond donors (Lipinski definition) is 1. The van der Waals surface area contributed by atoms with E-state index in [9.17, 15) is 4.79 Å². The molecule has 0 bridgehead atoms. The van der Waals surface area contributed by atoms with Crippen LogP contribution in [0, 0.1) is 0 Å². The van der Waals surface area contributed by atoms with Crippen molar-refractivity contribution >= 4 is 23.5 Å². The average Bonchev–Trinajstić information content (AvgIpc) is 2.31. The molecule has 1 aliphatic heterocycles. The second-order valence-corrected chi connectivity index (χ2v) is 3.97. The van der Waals surface area contributed by atoms with E-state index in [1.165, 1.54) is 11.4 Å². The minimum Gasteiger partial charge on any atom is -0.371 e. The molecule has 0 aliphatic carbocycles. The van der Waals surface area contributed by atoms with E-state index in [2.05, 4.69) is 35.2 Å². The van der Waals surface area contributed by atoms with Crippen LogP contribution < -0.4 is 15.1 Å². The van der Waals surface area contributed by atoms with Crippen molar-refractivity contribution in [1.82, 2.24) is 0 Å². The van der Waals surface area contributed by atoms with Crippen LogP contribution >= 0.6 is 0 Å². The van der Waals surface area contributed by atoms with Crippen LogP contribution in [0.5, 0.6) is 0 Å². The van der Waals surface area contributed by atoms with Gasteiger partial charge in [-0.2, -0.15) is 0 Å². The van der Waals surface area contributed by atoms with Crippen molar-refractivity contribution in [3.8, 4) is 0 Å². The lowest BCUT2D eigenvalue weighted by Crippen LogP contribution is -2.39. The van der Waals surface area contributed by atoms with Gasteiger partial charge in [0, 0.05) is 32.4 Å². The van der Waals surface area contributed by atoms with Gasteiger partial charge in [-0.05, 0) is 25.1 Å². The van der Waals surface area contributed by atoms with E-state index in [1.807, 2.05) is 12.1 Å². The molecule has 16 heavy (non-hydrogen) atoms. The highest BCUT2D eigenvalue weighted by molar-refractivity contribution is 5.81. The van der Waals surface area contributed by atoms with Crippen LogP contribution in [0.1, 0.15) is 6.92 Å². The second kappa shape index (κ2) is 4.43. The number of benzene rings is 1. The molecule has 0 unspecified atom stereocenters. The normalized spacial score (nSPS) is 14.6. The fourth-order valence-electron chi connectivity index (χ4n) is 2.09. The zero-order chi connectivity index (χ0) is 11.5. The van der Waals surface area contributed by atoms with Crippen molar-refractivity contribution in [3.63, 3.8) is 0 Å². The molecule has 0 spiro atoms. The van der Waals surface area contributed by atoms with Crippen molar-refractivity contribution in [1.29, 1.82) is 0 Å². The predicted molar refractivity (Wildman–Crippen MR) is 67.3 cm³/mol. The number of carbonyl (C=O) groups excluding carboxylic acids is 1. The highest BCUT2D eigenvalue weighted by Crippen LogP contribution is 2.34. The van der Waals surface area contributed by atoms with Crippen LogP contribution in [-0.4, -0.2) is 33.1 Å². The fourth-order valence-corrected chi connectivity index (χ4v) is 2.09. The summed E-state index contributed by atoms with van der Waals surface area (Å²) in [5, 5.41) is 2.69. The maximum absolute atomic E-state index is 10.4. The molecule has 0 aromatic heterocycles. The van der Waals surface area contributed by atoms with E-state index in [-0.39, 0.29) is 0 Å². The van der Waals surface area contributed by atoms with Gasteiger partial charge < -0.3 is 15.1 Å². The van der Waals surface area contributed by atoms with Gasteiger partial charge in [-0.15, -0.1) is 0 Å². The molecule has 1 N–H and O–H groups in total. The zero-order valence-electron chi connectivity index (χ0n) is 9.73. The minimum atomic E-state index is 0.710. The van der Waals surface area contributed by atoms with Gasteiger partial charge in [0.25, 0.3) is 0 Å². The van der Waals surface area contributed by atoms with E-state index in [0.29, 0.717) is 6.41 Å². The highest BCUT2D eigenvalue weighted by Gasteiger charge is 2.19. The molecule has 4 heteroatoms. The summed E-state index contributed by atoms with van der Waals surface area (Å²) < 4.78 is 0. The van der Waals surface area contributed by atoms with E-state index in [1.54, 1.807) is 0 Å². The first-order chi connectivity index (χ1) is 7.76. The van der Waals surface area contributed by atoms with Crippen LogP contribution in [-0.2, 0) is 4.79 Å². The molecule has 0 fully saturated rings. The van der Waals surface area contributed by atoms with E-state index in [0.717, 1.165) is 25.3 Å². The Morgan fingerprint density at radius 2 is 2.19 bits per heavy atom. The summed E-state index contributed by atoms with van der Waals surface area (Å²) in [6.07, 6.45) is 0.710. The molecule has 86 valence electrons. The SMILES string of the molecule is CCN1CCN(C)c2cc(NC=O)ccc21. The Labute approximate surface area is 95.8 Å². The number of hydrogen-bond acceptors (Lipinski definition) is 3. The number of nitrogens with zero attached hydrogens (tertiary/aromatic N) is 2. The Bertz CT molecular complexity index is 392. The Morgan fingerprint density at radius 1 is 1.38 bits per heavy atom. The van der Waals surface area contributed by atoms with Crippen molar-refractivity contribution in [2.24, 2.45) is 0 Å². The van der Waals surface area contributed by atoms with Crippen LogP contribution in [0.25, 0.3) is 0 Å². The average molecular weight is 219 g/mol. The summed E-state index contributed by atoms with van der Waals surface area (Å²) in [5.74, 6) is 0. The van der Waals surface area contributed by atoms with Gasteiger partial charge in [-0.3, -0.25) is 4.79 Å². The third kappa shape index (κ3) is 1.83. The van der Waals surface area contributed by atoms with Crippen molar-refractivity contribution in [2.75, 3.05) is 41.8 Å². The summed E-state index contributed by atoms with van der Waals surface area (Å²) in [6.45, 7) is 5.25. The summed E-state index contributed by atoms with van der Waals surface area (Å²) >= 11 is 0. The van der Waals surface area contributed by atoms with Crippen LogP contribution in [0.3, 0.4) is 0 Å². The van der Waals surface area contributed by atoms with Gasteiger partial charge >= 0.3 is 0 Å². The van der Waals surface area contributed by atoms with Crippen molar-refractivity contribution in [2.45, 2.75) is 6.92 Å². The van der Waals surface area contributed by atoms with E-state index in [4.69, 9.17) is 0 Å². The monoisotopic (exact) mass is 219 g/mol. The lowest BCUT2D eigenvalue weighted by Gasteiger charge is -2.36. The van der Waals surface area contributed by atoms with Crippen LogP contribution in [0.15, 0.2) is 18.2 Å². The molecule has 1 aromatic rings. The molecule has 4 nitrogen and oxygen atoms in total. The van der Waals surface area contributed by atoms with Gasteiger partial charge in [-0.25, -0.2) is 0 Å². The third-order valence-electron chi connectivity index (χ3n) is 3.04. The number of fused-ring (bicyclic) bond motifs is 1. The third-order valence-corrected chi connectivity index (χ3v) is 3.04. The summed E-state index contributed by atoms with van der Waals surface area (Å²) in [6, 6.07) is 6.03. The Morgan fingerprint density at radius 3 is 2.88 bits per heavy atom.